The minimum Gasteiger partial charge on any atom is -0.479 e. The Morgan fingerprint density at radius 2 is 2.00 bits per heavy atom. The summed E-state index contributed by atoms with van der Waals surface area (Å²) in [6.45, 7) is 0.425. The van der Waals surface area contributed by atoms with Gasteiger partial charge in [0.2, 0.25) is 0 Å². The van der Waals surface area contributed by atoms with Crippen LogP contribution in [0, 0.1) is 0 Å². The van der Waals surface area contributed by atoms with Crippen LogP contribution < -0.4 is 0 Å². The summed E-state index contributed by atoms with van der Waals surface area (Å²) in [6.07, 6.45) is 2.93. The SMILES string of the molecule is O=C(O)C1CCC(C(=O)N(Cc2ccco2)C2CC2)O1. The Morgan fingerprint density at radius 3 is 2.55 bits per heavy atom. The van der Waals surface area contributed by atoms with Gasteiger partial charge in [-0.2, -0.15) is 0 Å². The smallest absolute Gasteiger partial charge is 0.332 e. The molecule has 0 aromatic carbocycles. The highest BCUT2D eigenvalue weighted by Gasteiger charge is 2.41. The maximum absolute atomic E-state index is 12.5. The molecule has 2 atom stereocenters. The largest absolute Gasteiger partial charge is 0.479 e. The molecule has 3 rings (SSSR count). The quantitative estimate of drug-likeness (QED) is 0.881. The average Bonchev–Trinajstić information content (AvgIpc) is 2.95. The second-order valence-electron chi connectivity index (χ2n) is 5.31. The topological polar surface area (TPSA) is 80.0 Å². The standard InChI is InChI=1S/C14H17NO5/c16-13(11-5-6-12(20-11)14(17)18)15(9-3-4-9)8-10-2-1-7-19-10/h1-2,7,9,11-12H,3-6,8H2,(H,17,18). The van der Waals surface area contributed by atoms with Gasteiger partial charge in [0.05, 0.1) is 12.8 Å². The van der Waals surface area contributed by atoms with Crippen molar-refractivity contribution >= 4 is 11.9 Å². The Labute approximate surface area is 116 Å². The Morgan fingerprint density at radius 1 is 1.25 bits per heavy atom. The highest BCUT2D eigenvalue weighted by atomic mass is 16.5. The monoisotopic (exact) mass is 279 g/mol. The molecular weight excluding hydrogens is 262 g/mol. The first-order valence-corrected chi connectivity index (χ1v) is 6.86. The van der Waals surface area contributed by atoms with Crippen LogP contribution in [-0.2, 0) is 20.9 Å². The summed E-state index contributed by atoms with van der Waals surface area (Å²) in [5.74, 6) is -0.380. The zero-order chi connectivity index (χ0) is 14.1. The zero-order valence-electron chi connectivity index (χ0n) is 11.0. The average molecular weight is 279 g/mol. The van der Waals surface area contributed by atoms with Crippen LogP contribution in [0.1, 0.15) is 31.4 Å². The molecule has 2 aliphatic rings. The summed E-state index contributed by atoms with van der Waals surface area (Å²) < 4.78 is 10.6. The molecule has 1 aromatic rings. The Balaban J connectivity index is 1.65. The van der Waals surface area contributed by atoms with Crippen LogP contribution in [0.5, 0.6) is 0 Å². The van der Waals surface area contributed by atoms with Crippen LogP contribution in [0.2, 0.25) is 0 Å². The molecule has 1 saturated heterocycles. The third kappa shape index (κ3) is 2.70. The van der Waals surface area contributed by atoms with Gasteiger partial charge in [-0.1, -0.05) is 0 Å². The number of carboxylic acid groups (broad SMARTS) is 1. The number of rotatable bonds is 5. The third-order valence-corrected chi connectivity index (χ3v) is 3.75. The summed E-state index contributed by atoms with van der Waals surface area (Å²) in [5, 5.41) is 8.92. The fourth-order valence-corrected chi connectivity index (χ4v) is 2.53. The Kier molecular flexibility index (Phi) is 3.48. The lowest BCUT2D eigenvalue weighted by molar-refractivity contribution is -0.155. The number of amides is 1. The molecule has 20 heavy (non-hydrogen) atoms. The van der Waals surface area contributed by atoms with Crippen LogP contribution in [0.4, 0.5) is 0 Å². The van der Waals surface area contributed by atoms with Crippen molar-refractivity contribution in [2.45, 2.75) is 50.5 Å². The van der Waals surface area contributed by atoms with Gasteiger partial charge >= 0.3 is 5.97 Å². The summed E-state index contributed by atoms with van der Waals surface area (Å²) in [4.78, 5) is 25.1. The molecular formula is C14H17NO5. The van der Waals surface area contributed by atoms with E-state index in [0.29, 0.717) is 19.4 Å². The van der Waals surface area contributed by atoms with Crippen molar-refractivity contribution in [2.75, 3.05) is 0 Å². The lowest BCUT2D eigenvalue weighted by Crippen LogP contribution is -2.40. The van der Waals surface area contributed by atoms with E-state index in [4.69, 9.17) is 14.3 Å². The molecule has 1 amide bonds. The lowest BCUT2D eigenvalue weighted by atomic mass is 10.1. The van der Waals surface area contributed by atoms with Crippen molar-refractivity contribution < 1.29 is 23.8 Å². The molecule has 6 nitrogen and oxygen atoms in total. The van der Waals surface area contributed by atoms with E-state index < -0.39 is 18.2 Å². The van der Waals surface area contributed by atoms with Crippen LogP contribution in [0.25, 0.3) is 0 Å². The second kappa shape index (κ2) is 5.28. The molecule has 0 spiro atoms. The van der Waals surface area contributed by atoms with Crippen LogP contribution in [-0.4, -0.2) is 40.1 Å². The van der Waals surface area contributed by atoms with Crippen LogP contribution >= 0.6 is 0 Å². The van der Waals surface area contributed by atoms with E-state index in [1.807, 2.05) is 6.07 Å². The van der Waals surface area contributed by atoms with E-state index in [-0.39, 0.29) is 11.9 Å². The van der Waals surface area contributed by atoms with Crippen molar-refractivity contribution in [3.8, 4) is 0 Å². The normalized spacial score (nSPS) is 25.6. The van der Waals surface area contributed by atoms with Crippen molar-refractivity contribution in [1.29, 1.82) is 0 Å². The van der Waals surface area contributed by atoms with Gasteiger partial charge in [-0.3, -0.25) is 4.79 Å². The first-order chi connectivity index (χ1) is 9.65. The Hall–Kier alpha value is -1.82. The fourth-order valence-electron chi connectivity index (χ4n) is 2.53. The summed E-state index contributed by atoms with van der Waals surface area (Å²) in [5.41, 5.74) is 0. The van der Waals surface area contributed by atoms with Crippen LogP contribution in [0.3, 0.4) is 0 Å². The molecule has 108 valence electrons. The number of carbonyl (C=O) groups excluding carboxylic acids is 1. The number of ether oxygens (including phenoxy) is 1. The zero-order valence-corrected chi connectivity index (χ0v) is 11.0. The maximum Gasteiger partial charge on any atom is 0.332 e. The van der Waals surface area contributed by atoms with Gasteiger partial charge in [0.15, 0.2) is 6.10 Å². The number of carboxylic acids is 1. The minimum absolute atomic E-state index is 0.118. The van der Waals surface area contributed by atoms with E-state index in [1.54, 1.807) is 17.2 Å². The first kappa shape index (κ1) is 13.2. The van der Waals surface area contributed by atoms with Crippen molar-refractivity contribution in [3.63, 3.8) is 0 Å². The van der Waals surface area contributed by atoms with Crippen molar-refractivity contribution in [1.82, 2.24) is 4.90 Å². The third-order valence-electron chi connectivity index (χ3n) is 3.75. The number of aliphatic carboxylic acids is 1. The highest BCUT2D eigenvalue weighted by molar-refractivity contribution is 5.83. The molecule has 1 aliphatic heterocycles. The van der Waals surface area contributed by atoms with Gasteiger partial charge in [-0.15, -0.1) is 0 Å². The molecule has 6 heteroatoms. The number of carbonyl (C=O) groups is 2. The number of nitrogens with zero attached hydrogens (tertiary/aromatic N) is 1. The molecule has 1 N–H and O–H groups in total. The van der Waals surface area contributed by atoms with Gasteiger partial charge in [0.25, 0.3) is 5.91 Å². The first-order valence-electron chi connectivity index (χ1n) is 6.86. The summed E-state index contributed by atoms with van der Waals surface area (Å²) >= 11 is 0. The second-order valence-corrected chi connectivity index (χ2v) is 5.31. The highest BCUT2D eigenvalue weighted by Crippen LogP contribution is 2.31. The minimum atomic E-state index is -0.996. The van der Waals surface area contributed by atoms with Gasteiger partial charge in [0, 0.05) is 6.04 Å². The van der Waals surface area contributed by atoms with Crippen LogP contribution in [0.15, 0.2) is 22.8 Å². The molecule has 1 saturated carbocycles. The van der Waals surface area contributed by atoms with Gasteiger partial charge in [0.1, 0.15) is 11.9 Å². The van der Waals surface area contributed by atoms with E-state index in [2.05, 4.69) is 0 Å². The van der Waals surface area contributed by atoms with E-state index in [0.717, 1.165) is 18.6 Å². The van der Waals surface area contributed by atoms with E-state index in [1.165, 1.54) is 0 Å². The Bertz CT molecular complexity index is 494. The fraction of sp³-hybridized carbons (Fsp3) is 0.571. The predicted octanol–water partition coefficient (Wildman–Crippen LogP) is 1.40. The molecule has 0 radical (unpaired) electrons. The maximum atomic E-state index is 12.5. The molecule has 1 aromatic heterocycles. The lowest BCUT2D eigenvalue weighted by Gasteiger charge is -2.24. The summed E-state index contributed by atoms with van der Waals surface area (Å²) in [6, 6.07) is 3.86. The molecule has 1 aliphatic carbocycles. The molecule has 2 heterocycles. The molecule has 2 fully saturated rings. The van der Waals surface area contributed by atoms with Gasteiger partial charge in [-0.25, -0.2) is 4.79 Å². The number of furan rings is 1. The number of hydrogen-bond acceptors (Lipinski definition) is 4. The van der Waals surface area contributed by atoms with E-state index in [9.17, 15) is 9.59 Å². The summed E-state index contributed by atoms with van der Waals surface area (Å²) in [7, 11) is 0. The number of hydrogen-bond donors (Lipinski definition) is 1. The molecule has 2 unspecified atom stereocenters. The van der Waals surface area contributed by atoms with Gasteiger partial charge < -0.3 is 19.2 Å². The van der Waals surface area contributed by atoms with Gasteiger partial charge in [-0.05, 0) is 37.8 Å². The van der Waals surface area contributed by atoms with Crippen molar-refractivity contribution in [2.24, 2.45) is 0 Å². The van der Waals surface area contributed by atoms with Crippen molar-refractivity contribution in [3.05, 3.63) is 24.2 Å². The van der Waals surface area contributed by atoms with E-state index >= 15 is 0 Å². The molecule has 0 bridgehead atoms. The predicted molar refractivity (Wildman–Crippen MR) is 67.8 cm³/mol.